The summed E-state index contributed by atoms with van der Waals surface area (Å²) < 4.78 is 0. The number of aromatic amines is 1. The van der Waals surface area contributed by atoms with Crippen molar-refractivity contribution in [3.05, 3.63) is 18.2 Å². The van der Waals surface area contributed by atoms with Crippen molar-refractivity contribution in [2.45, 2.75) is 57.0 Å². The monoisotopic (exact) mass is 309 g/mol. The largest absolute Gasteiger partial charge is 0.480 e. The lowest BCUT2D eigenvalue weighted by atomic mass is 9.84. The van der Waals surface area contributed by atoms with Gasteiger partial charge in [0.25, 0.3) is 0 Å². The fraction of sp³-hybridized carbons (Fsp3) is 0.667. The van der Waals surface area contributed by atoms with Crippen LogP contribution in [0.2, 0.25) is 0 Å². The number of hydrogen-bond acceptors (Lipinski definition) is 4. The molecule has 0 amide bonds. The van der Waals surface area contributed by atoms with Gasteiger partial charge in [-0.25, -0.2) is 4.98 Å². The van der Waals surface area contributed by atoms with E-state index in [0.29, 0.717) is 18.0 Å². The van der Waals surface area contributed by atoms with Gasteiger partial charge in [-0.1, -0.05) is 32.1 Å². The highest BCUT2D eigenvalue weighted by Crippen LogP contribution is 2.27. The van der Waals surface area contributed by atoms with Crippen LogP contribution in [-0.2, 0) is 16.0 Å². The van der Waals surface area contributed by atoms with Crippen LogP contribution < -0.4 is 5.32 Å². The van der Waals surface area contributed by atoms with Gasteiger partial charge in [0, 0.05) is 18.3 Å². The Morgan fingerprint density at radius 3 is 2.45 bits per heavy atom. The van der Waals surface area contributed by atoms with E-state index in [1.807, 2.05) is 0 Å². The standard InChI is InChI=1S/C15H23N3O4/c19-14(20)12(6-10-4-2-1-3-5-10)18-13(15(21)22)7-11-8-16-9-17-11/h8-10,12-13,18H,1-7H2,(H,16,17)(H,19,20)(H,21,22). The topological polar surface area (TPSA) is 115 Å². The normalized spacial score (nSPS) is 18.7. The summed E-state index contributed by atoms with van der Waals surface area (Å²) in [5, 5.41) is 21.5. The van der Waals surface area contributed by atoms with E-state index in [1.54, 1.807) is 6.20 Å². The Balaban J connectivity index is 1.96. The average Bonchev–Trinajstić information content (AvgIpc) is 2.99. The SMILES string of the molecule is O=C(O)C(Cc1cnc[nH]1)NC(CC1CCCCC1)C(=O)O. The molecular formula is C15H23N3O4. The third kappa shape index (κ3) is 4.84. The second-order valence-electron chi connectivity index (χ2n) is 5.97. The van der Waals surface area contributed by atoms with E-state index in [4.69, 9.17) is 0 Å². The second-order valence-corrected chi connectivity index (χ2v) is 5.97. The molecule has 1 aromatic heterocycles. The van der Waals surface area contributed by atoms with Crippen molar-refractivity contribution in [3.63, 3.8) is 0 Å². The highest BCUT2D eigenvalue weighted by molar-refractivity contribution is 5.77. The lowest BCUT2D eigenvalue weighted by molar-refractivity contribution is -0.143. The Hall–Kier alpha value is -1.89. The number of hydrogen-bond donors (Lipinski definition) is 4. The van der Waals surface area contributed by atoms with Crippen LogP contribution in [0.1, 0.15) is 44.2 Å². The fourth-order valence-corrected chi connectivity index (χ4v) is 3.07. The third-order valence-corrected chi connectivity index (χ3v) is 4.27. The molecular weight excluding hydrogens is 286 g/mol. The molecule has 122 valence electrons. The van der Waals surface area contributed by atoms with Crippen molar-refractivity contribution in [1.29, 1.82) is 0 Å². The molecule has 1 aliphatic rings. The lowest BCUT2D eigenvalue weighted by Crippen LogP contribution is -2.49. The van der Waals surface area contributed by atoms with Gasteiger partial charge in [0.1, 0.15) is 12.1 Å². The molecule has 2 atom stereocenters. The van der Waals surface area contributed by atoms with Gasteiger partial charge in [0.2, 0.25) is 0 Å². The lowest BCUT2D eigenvalue weighted by Gasteiger charge is -2.26. The number of aliphatic carboxylic acids is 2. The number of carbonyl (C=O) groups is 2. The van der Waals surface area contributed by atoms with Crippen molar-refractivity contribution >= 4 is 11.9 Å². The van der Waals surface area contributed by atoms with Crippen molar-refractivity contribution in [2.75, 3.05) is 0 Å². The maximum atomic E-state index is 11.5. The van der Waals surface area contributed by atoms with Crippen LogP contribution in [0.3, 0.4) is 0 Å². The summed E-state index contributed by atoms with van der Waals surface area (Å²) >= 11 is 0. The zero-order valence-corrected chi connectivity index (χ0v) is 12.5. The van der Waals surface area contributed by atoms with E-state index in [0.717, 1.165) is 25.7 Å². The zero-order valence-electron chi connectivity index (χ0n) is 12.5. The fourth-order valence-electron chi connectivity index (χ4n) is 3.07. The van der Waals surface area contributed by atoms with Crippen molar-refractivity contribution in [3.8, 4) is 0 Å². The first-order valence-electron chi connectivity index (χ1n) is 7.75. The number of imidazole rings is 1. The minimum atomic E-state index is -1.05. The van der Waals surface area contributed by atoms with Gasteiger partial charge in [0.05, 0.1) is 6.33 Å². The number of carboxylic acids is 2. The first kappa shape index (κ1) is 16.5. The van der Waals surface area contributed by atoms with Crippen LogP contribution in [0, 0.1) is 5.92 Å². The van der Waals surface area contributed by atoms with Crippen LogP contribution in [0.5, 0.6) is 0 Å². The average molecular weight is 309 g/mol. The van der Waals surface area contributed by atoms with Gasteiger partial charge in [-0.05, 0) is 12.3 Å². The van der Waals surface area contributed by atoms with E-state index >= 15 is 0 Å². The Kier molecular flexibility index (Phi) is 5.94. The Bertz CT molecular complexity index is 483. The molecule has 0 saturated heterocycles. The molecule has 0 radical (unpaired) electrons. The van der Waals surface area contributed by atoms with Crippen molar-refractivity contribution in [1.82, 2.24) is 15.3 Å². The molecule has 1 fully saturated rings. The summed E-state index contributed by atoms with van der Waals surface area (Å²) in [6.07, 6.45) is 9.24. The highest BCUT2D eigenvalue weighted by Gasteiger charge is 2.29. The van der Waals surface area contributed by atoms with E-state index in [1.165, 1.54) is 12.7 Å². The van der Waals surface area contributed by atoms with Crippen LogP contribution in [0.15, 0.2) is 12.5 Å². The molecule has 2 rings (SSSR count). The quantitative estimate of drug-likeness (QED) is 0.577. The summed E-state index contributed by atoms with van der Waals surface area (Å²) in [4.78, 5) is 29.5. The molecule has 0 aromatic carbocycles. The number of H-pyrrole nitrogens is 1. The predicted octanol–water partition coefficient (Wildman–Crippen LogP) is 1.42. The molecule has 7 heteroatoms. The van der Waals surface area contributed by atoms with E-state index < -0.39 is 24.0 Å². The maximum absolute atomic E-state index is 11.5. The van der Waals surface area contributed by atoms with Crippen molar-refractivity contribution in [2.24, 2.45) is 5.92 Å². The minimum Gasteiger partial charge on any atom is -0.480 e. The van der Waals surface area contributed by atoms with Gasteiger partial charge in [0.15, 0.2) is 0 Å². The first-order chi connectivity index (χ1) is 10.6. The second kappa shape index (κ2) is 7.93. The molecule has 0 bridgehead atoms. The van der Waals surface area contributed by atoms with E-state index in [9.17, 15) is 19.8 Å². The molecule has 0 aliphatic heterocycles. The van der Waals surface area contributed by atoms with Crippen LogP contribution in [-0.4, -0.2) is 44.2 Å². The van der Waals surface area contributed by atoms with E-state index in [-0.39, 0.29) is 6.42 Å². The maximum Gasteiger partial charge on any atom is 0.321 e. The van der Waals surface area contributed by atoms with Crippen LogP contribution in [0.25, 0.3) is 0 Å². The Morgan fingerprint density at radius 1 is 1.23 bits per heavy atom. The number of carboxylic acid groups (broad SMARTS) is 2. The Morgan fingerprint density at radius 2 is 1.91 bits per heavy atom. The van der Waals surface area contributed by atoms with E-state index in [2.05, 4.69) is 15.3 Å². The summed E-state index contributed by atoms with van der Waals surface area (Å²) in [6, 6.07) is -1.77. The van der Waals surface area contributed by atoms with Gasteiger partial charge in [-0.2, -0.15) is 0 Å². The zero-order chi connectivity index (χ0) is 15.9. The van der Waals surface area contributed by atoms with Crippen LogP contribution in [0.4, 0.5) is 0 Å². The predicted molar refractivity (Wildman–Crippen MR) is 79.5 cm³/mol. The molecule has 2 unspecified atom stereocenters. The van der Waals surface area contributed by atoms with Crippen LogP contribution >= 0.6 is 0 Å². The number of rotatable bonds is 8. The molecule has 0 spiro atoms. The summed E-state index contributed by atoms with van der Waals surface area (Å²) in [7, 11) is 0. The number of nitrogens with one attached hydrogen (secondary N) is 2. The molecule has 7 nitrogen and oxygen atoms in total. The van der Waals surface area contributed by atoms with Gasteiger partial charge in [-0.3, -0.25) is 14.9 Å². The molecule has 1 saturated carbocycles. The third-order valence-electron chi connectivity index (χ3n) is 4.27. The molecule has 1 aliphatic carbocycles. The highest BCUT2D eigenvalue weighted by atomic mass is 16.4. The summed E-state index contributed by atoms with van der Waals surface area (Å²) in [6.45, 7) is 0. The first-order valence-corrected chi connectivity index (χ1v) is 7.75. The summed E-state index contributed by atoms with van der Waals surface area (Å²) in [5.41, 5.74) is 0.668. The summed E-state index contributed by atoms with van der Waals surface area (Å²) in [5.74, 6) is -1.67. The van der Waals surface area contributed by atoms with Gasteiger partial charge in [-0.15, -0.1) is 0 Å². The molecule has 4 N–H and O–H groups in total. The number of nitrogens with zero attached hydrogens (tertiary/aromatic N) is 1. The minimum absolute atomic E-state index is 0.184. The molecule has 1 aromatic rings. The number of aromatic nitrogens is 2. The smallest absolute Gasteiger partial charge is 0.321 e. The van der Waals surface area contributed by atoms with Gasteiger partial charge < -0.3 is 15.2 Å². The van der Waals surface area contributed by atoms with Crippen molar-refractivity contribution < 1.29 is 19.8 Å². The van der Waals surface area contributed by atoms with Gasteiger partial charge >= 0.3 is 11.9 Å². The molecule has 1 heterocycles. The Labute approximate surface area is 129 Å². The molecule has 22 heavy (non-hydrogen) atoms.